The van der Waals surface area contributed by atoms with E-state index in [9.17, 15) is 0 Å². The minimum atomic E-state index is 0.688. The van der Waals surface area contributed by atoms with Crippen LogP contribution >= 0.6 is 0 Å². The maximum atomic E-state index is 5.05. The van der Waals surface area contributed by atoms with Crippen molar-refractivity contribution in [2.45, 2.75) is 38.8 Å². The largest absolute Gasteiger partial charge is 0.385 e. The molecule has 0 aliphatic carbocycles. The zero-order chi connectivity index (χ0) is 11.3. The molecule has 90 valence electrons. The summed E-state index contributed by atoms with van der Waals surface area (Å²) in [5.41, 5.74) is 0. The molecule has 0 spiro atoms. The van der Waals surface area contributed by atoms with Crippen molar-refractivity contribution in [2.24, 2.45) is 5.92 Å². The van der Waals surface area contributed by atoms with Crippen LogP contribution in [-0.2, 0) is 4.74 Å². The Bertz CT molecular complexity index is 175. The van der Waals surface area contributed by atoms with Crippen LogP contribution in [0.25, 0.3) is 0 Å². The van der Waals surface area contributed by atoms with E-state index in [0.717, 1.165) is 25.5 Å². The van der Waals surface area contributed by atoms with Crippen molar-refractivity contribution < 1.29 is 4.74 Å². The van der Waals surface area contributed by atoms with Gasteiger partial charge in [0.25, 0.3) is 0 Å². The van der Waals surface area contributed by atoms with Gasteiger partial charge in [-0.3, -0.25) is 0 Å². The number of hydrogen-bond acceptors (Lipinski definition) is 3. The van der Waals surface area contributed by atoms with E-state index in [-0.39, 0.29) is 0 Å². The predicted octanol–water partition coefficient (Wildman–Crippen LogP) is 1.34. The van der Waals surface area contributed by atoms with Gasteiger partial charge < -0.3 is 15.0 Å². The highest BCUT2D eigenvalue weighted by molar-refractivity contribution is 4.85. The van der Waals surface area contributed by atoms with E-state index in [4.69, 9.17) is 4.74 Å². The summed E-state index contributed by atoms with van der Waals surface area (Å²) in [7, 11) is 3.99. The summed E-state index contributed by atoms with van der Waals surface area (Å²) in [5, 5.41) is 3.65. The van der Waals surface area contributed by atoms with E-state index in [1.165, 1.54) is 13.0 Å². The van der Waals surface area contributed by atoms with Gasteiger partial charge in [-0.1, -0.05) is 6.92 Å². The highest BCUT2D eigenvalue weighted by Gasteiger charge is 2.27. The first kappa shape index (κ1) is 12.9. The lowest BCUT2D eigenvalue weighted by Crippen LogP contribution is -2.51. The van der Waals surface area contributed by atoms with Gasteiger partial charge in [0, 0.05) is 32.3 Å². The van der Waals surface area contributed by atoms with E-state index in [2.05, 4.69) is 31.1 Å². The lowest BCUT2D eigenvalue weighted by molar-refractivity contribution is 0.119. The number of ether oxygens (including phenoxy) is 1. The van der Waals surface area contributed by atoms with Crippen LogP contribution in [0, 0.1) is 5.92 Å². The summed E-state index contributed by atoms with van der Waals surface area (Å²) in [5.74, 6) is 0.758. The SMILES string of the molecule is COCCCN[C@@H]1C[C@H](C)N(C)C[C@H]1C. The fraction of sp³-hybridized carbons (Fsp3) is 1.00. The molecule has 1 saturated heterocycles. The topological polar surface area (TPSA) is 24.5 Å². The van der Waals surface area contributed by atoms with Crippen LogP contribution in [0.1, 0.15) is 26.7 Å². The summed E-state index contributed by atoms with van der Waals surface area (Å²) in [6.07, 6.45) is 2.38. The van der Waals surface area contributed by atoms with Gasteiger partial charge >= 0.3 is 0 Å². The van der Waals surface area contributed by atoms with E-state index < -0.39 is 0 Å². The van der Waals surface area contributed by atoms with Crippen molar-refractivity contribution in [3.8, 4) is 0 Å². The number of likely N-dealkylation sites (tertiary alicyclic amines) is 1. The lowest BCUT2D eigenvalue weighted by Gasteiger charge is -2.40. The molecule has 0 aromatic heterocycles. The third-order valence-corrected chi connectivity index (χ3v) is 3.54. The molecule has 3 heteroatoms. The van der Waals surface area contributed by atoms with Crippen molar-refractivity contribution in [1.29, 1.82) is 0 Å². The number of methoxy groups -OCH3 is 1. The molecule has 1 aliphatic heterocycles. The Balaban J connectivity index is 2.22. The van der Waals surface area contributed by atoms with Crippen molar-refractivity contribution >= 4 is 0 Å². The second-order valence-electron chi connectivity index (χ2n) is 4.91. The van der Waals surface area contributed by atoms with Crippen molar-refractivity contribution in [3.63, 3.8) is 0 Å². The molecule has 15 heavy (non-hydrogen) atoms. The van der Waals surface area contributed by atoms with Gasteiger partial charge in [0.1, 0.15) is 0 Å². The summed E-state index contributed by atoms with van der Waals surface area (Å²) in [6.45, 7) is 7.82. The number of piperidine rings is 1. The molecule has 1 fully saturated rings. The Morgan fingerprint density at radius 1 is 1.40 bits per heavy atom. The van der Waals surface area contributed by atoms with Crippen LogP contribution in [0.4, 0.5) is 0 Å². The highest BCUT2D eigenvalue weighted by atomic mass is 16.5. The summed E-state index contributed by atoms with van der Waals surface area (Å²) < 4.78 is 5.05. The fourth-order valence-corrected chi connectivity index (χ4v) is 2.33. The van der Waals surface area contributed by atoms with E-state index in [0.29, 0.717) is 12.1 Å². The molecular weight excluding hydrogens is 188 g/mol. The number of nitrogens with zero attached hydrogens (tertiary/aromatic N) is 1. The van der Waals surface area contributed by atoms with Gasteiger partial charge in [-0.15, -0.1) is 0 Å². The second-order valence-corrected chi connectivity index (χ2v) is 4.91. The Hall–Kier alpha value is -0.120. The van der Waals surface area contributed by atoms with Crippen LogP contribution in [0.15, 0.2) is 0 Å². The third kappa shape index (κ3) is 4.09. The van der Waals surface area contributed by atoms with Gasteiger partial charge in [0.2, 0.25) is 0 Å². The monoisotopic (exact) mass is 214 g/mol. The molecule has 0 aromatic carbocycles. The van der Waals surface area contributed by atoms with Gasteiger partial charge in [0.15, 0.2) is 0 Å². The Morgan fingerprint density at radius 2 is 2.13 bits per heavy atom. The highest BCUT2D eigenvalue weighted by Crippen LogP contribution is 2.20. The average molecular weight is 214 g/mol. The van der Waals surface area contributed by atoms with Gasteiger partial charge in [0.05, 0.1) is 0 Å². The Labute approximate surface area is 94.2 Å². The molecule has 1 rings (SSSR count). The van der Waals surface area contributed by atoms with Crippen LogP contribution in [0.2, 0.25) is 0 Å². The summed E-state index contributed by atoms with van der Waals surface area (Å²) >= 11 is 0. The molecule has 0 amide bonds. The zero-order valence-corrected chi connectivity index (χ0v) is 10.6. The summed E-state index contributed by atoms with van der Waals surface area (Å²) in [6, 6.07) is 1.40. The average Bonchev–Trinajstić information content (AvgIpc) is 2.20. The Kier molecular flexibility index (Phi) is 5.58. The molecule has 0 unspecified atom stereocenters. The fourth-order valence-electron chi connectivity index (χ4n) is 2.33. The minimum Gasteiger partial charge on any atom is -0.385 e. The van der Waals surface area contributed by atoms with Crippen LogP contribution in [-0.4, -0.2) is 50.8 Å². The first-order chi connectivity index (χ1) is 7.15. The first-order valence-electron chi connectivity index (χ1n) is 6.07. The van der Waals surface area contributed by atoms with E-state index in [1.54, 1.807) is 7.11 Å². The van der Waals surface area contributed by atoms with Crippen LogP contribution in [0.3, 0.4) is 0 Å². The molecule has 0 radical (unpaired) electrons. The molecular formula is C12H26N2O. The number of rotatable bonds is 5. The molecule has 3 atom stereocenters. The maximum absolute atomic E-state index is 5.05. The number of nitrogens with one attached hydrogen (secondary N) is 1. The molecule has 3 nitrogen and oxygen atoms in total. The number of hydrogen-bond donors (Lipinski definition) is 1. The molecule has 0 bridgehead atoms. The maximum Gasteiger partial charge on any atom is 0.0474 e. The van der Waals surface area contributed by atoms with E-state index >= 15 is 0 Å². The molecule has 1 aliphatic rings. The molecule has 1 heterocycles. The lowest BCUT2D eigenvalue weighted by atomic mass is 9.90. The third-order valence-electron chi connectivity index (χ3n) is 3.54. The first-order valence-corrected chi connectivity index (χ1v) is 6.07. The van der Waals surface area contributed by atoms with Crippen LogP contribution < -0.4 is 5.32 Å². The zero-order valence-electron chi connectivity index (χ0n) is 10.6. The summed E-state index contributed by atoms with van der Waals surface area (Å²) in [4.78, 5) is 2.46. The van der Waals surface area contributed by atoms with Gasteiger partial charge in [-0.2, -0.15) is 0 Å². The van der Waals surface area contributed by atoms with E-state index in [1.807, 2.05) is 0 Å². The molecule has 0 saturated carbocycles. The van der Waals surface area contributed by atoms with Gasteiger partial charge in [-0.05, 0) is 39.3 Å². The smallest absolute Gasteiger partial charge is 0.0474 e. The normalized spacial score (nSPS) is 33.2. The van der Waals surface area contributed by atoms with Crippen molar-refractivity contribution in [2.75, 3.05) is 33.9 Å². The quantitative estimate of drug-likeness (QED) is 0.699. The Morgan fingerprint density at radius 3 is 2.80 bits per heavy atom. The van der Waals surface area contributed by atoms with Crippen molar-refractivity contribution in [3.05, 3.63) is 0 Å². The minimum absolute atomic E-state index is 0.688. The van der Waals surface area contributed by atoms with Gasteiger partial charge in [-0.25, -0.2) is 0 Å². The molecule has 0 aromatic rings. The standard InChI is InChI=1S/C12H26N2O/c1-10-9-14(3)11(2)8-12(10)13-6-5-7-15-4/h10-13H,5-9H2,1-4H3/t10-,11+,12-/m1/s1. The predicted molar refractivity (Wildman–Crippen MR) is 64.2 cm³/mol. The van der Waals surface area contributed by atoms with Crippen molar-refractivity contribution in [1.82, 2.24) is 10.2 Å². The second kappa shape index (κ2) is 6.46. The van der Waals surface area contributed by atoms with Crippen LogP contribution in [0.5, 0.6) is 0 Å². The molecule has 1 N–H and O–H groups in total.